The second-order valence-electron chi connectivity index (χ2n) is 9.15. The highest BCUT2D eigenvalue weighted by Crippen LogP contribution is 2.30. The summed E-state index contributed by atoms with van der Waals surface area (Å²) in [4.78, 5) is 28.7. The minimum atomic E-state index is -0.0421. The summed E-state index contributed by atoms with van der Waals surface area (Å²) in [5, 5.41) is 11.6. The maximum absolute atomic E-state index is 12.1. The van der Waals surface area contributed by atoms with E-state index in [1.807, 2.05) is 51.2 Å². The molecule has 7 heteroatoms. The lowest BCUT2D eigenvalue weighted by atomic mass is 9.95. The van der Waals surface area contributed by atoms with E-state index in [9.17, 15) is 4.79 Å². The lowest BCUT2D eigenvalue weighted by Crippen LogP contribution is -2.14. The molecule has 3 aromatic heterocycles. The van der Waals surface area contributed by atoms with E-state index >= 15 is 0 Å². The third-order valence-corrected chi connectivity index (χ3v) is 5.76. The number of aryl methyl sites for hydroxylation is 1. The highest BCUT2D eigenvalue weighted by Gasteiger charge is 2.21. The van der Waals surface area contributed by atoms with Crippen LogP contribution in [-0.2, 0) is 11.2 Å². The second kappa shape index (κ2) is 10.4. The molecular weight excluding hydrogens is 436 g/mol. The van der Waals surface area contributed by atoms with Crippen molar-refractivity contribution in [2.45, 2.75) is 40.0 Å². The molecule has 3 N–H and O–H groups in total. The zero-order chi connectivity index (χ0) is 24.9. The molecule has 0 saturated carbocycles. The van der Waals surface area contributed by atoms with Gasteiger partial charge in [-0.1, -0.05) is 32.6 Å². The highest BCUT2D eigenvalue weighted by molar-refractivity contribution is 6.09. The Morgan fingerprint density at radius 1 is 1.29 bits per heavy atom. The quantitative estimate of drug-likeness (QED) is 0.297. The molecular formula is C28H30N6O. The lowest BCUT2D eigenvalue weighted by Gasteiger charge is -2.12. The van der Waals surface area contributed by atoms with Crippen molar-refractivity contribution < 1.29 is 4.79 Å². The topological polar surface area (TPSA) is 107 Å². The van der Waals surface area contributed by atoms with E-state index in [0.717, 1.165) is 46.5 Å². The van der Waals surface area contributed by atoms with Crippen LogP contribution >= 0.6 is 0 Å². The van der Waals surface area contributed by atoms with E-state index in [-0.39, 0.29) is 11.8 Å². The predicted molar refractivity (Wildman–Crippen MR) is 140 cm³/mol. The molecule has 4 rings (SSSR count). The number of amides is 1. The Kier molecular flexibility index (Phi) is 7.15. The molecule has 0 aliphatic heterocycles. The SMILES string of the molecule is C=C(/C=C(\C)C(=N)c1nc2c([nH]1)CCC=C2c1cccnc1)c1cncc(NC(=O)CC(C)C)c1. The maximum Gasteiger partial charge on any atom is 0.224 e. The van der Waals surface area contributed by atoms with Crippen molar-refractivity contribution in [3.63, 3.8) is 0 Å². The van der Waals surface area contributed by atoms with Crippen molar-refractivity contribution >= 4 is 28.5 Å². The van der Waals surface area contributed by atoms with Crippen molar-refractivity contribution in [3.8, 4) is 0 Å². The molecule has 1 aliphatic carbocycles. The lowest BCUT2D eigenvalue weighted by molar-refractivity contribution is -0.116. The number of hydrogen-bond acceptors (Lipinski definition) is 5. The summed E-state index contributed by atoms with van der Waals surface area (Å²) in [6, 6.07) is 5.78. The van der Waals surface area contributed by atoms with Gasteiger partial charge < -0.3 is 10.3 Å². The van der Waals surface area contributed by atoms with E-state index in [1.54, 1.807) is 18.6 Å². The number of carbonyl (C=O) groups excluding carboxylic acids is 1. The van der Waals surface area contributed by atoms with Gasteiger partial charge in [-0.05, 0) is 55.0 Å². The average Bonchev–Trinajstić information content (AvgIpc) is 3.28. The molecule has 0 unspecified atom stereocenters. The monoisotopic (exact) mass is 466 g/mol. The van der Waals surface area contributed by atoms with Gasteiger partial charge in [-0.25, -0.2) is 4.98 Å². The van der Waals surface area contributed by atoms with Crippen LogP contribution in [-0.4, -0.2) is 31.6 Å². The van der Waals surface area contributed by atoms with Gasteiger partial charge in [0.1, 0.15) is 0 Å². The van der Waals surface area contributed by atoms with Gasteiger partial charge in [0.25, 0.3) is 0 Å². The Morgan fingerprint density at radius 3 is 2.86 bits per heavy atom. The molecule has 0 saturated heterocycles. The number of pyridine rings is 2. The van der Waals surface area contributed by atoms with Crippen molar-refractivity contribution in [1.29, 1.82) is 5.41 Å². The third kappa shape index (κ3) is 5.69. The van der Waals surface area contributed by atoms with Crippen LogP contribution in [0.3, 0.4) is 0 Å². The number of H-pyrrole nitrogens is 1. The number of aromatic nitrogens is 4. The largest absolute Gasteiger partial charge is 0.340 e. The maximum atomic E-state index is 12.1. The first-order valence-corrected chi connectivity index (χ1v) is 11.7. The van der Waals surface area contributed by atoms with Crippen molar-refractivity contribution in [2.75, 3.05) is 5.32 Å². The number of imidazole rings is 1. The number of allylic oxidation sites excluding steroid dienone is 4. The summed E-state index contributed by atoms with van der Waals surface area (Å²) in [6.07, 6.45) is 13.2. The number of aromatic amines is 1. The Hall–Kier alpha value is -4.13. The summed E-state index contributed by atoms with van der Waals surface area (Å²) in [7, 11) is 0. The fraction of sp³-hybridized carbons (Fsp3) is 0.250. The van der Waals surface area contributed by atoms with E-state index < -0.39 is 0 Å². The van der Waals surface area contributed by atoms with Gasteiger partial charge >= 0.3 is 0 Å². The van der Waals surface area contributed by atoms with E-state index in [4.69, 9.17) is 10.4 Å². The fourth-order valence-corrected chi connectivity index (χ4v) is 4.04. The number of fused-ring (bicyclic) bond motifs is 1. The van der Waals surface area contributed by atoms with Crippen molar-refractivity contribution in [1.82, 2.24) is 19.9 Å². The Balaban J connectivity index is 1.51. The summed E-state index contributed by atoms with van der Waals surface area (Å²) in [5.41, 5.74) is 7.12. The van der Waals surface area contributed by atoms with Gasteiger partial charge in [0.2, 0.25) is 5.91 Å². The number of anilines is 1. The molecule has 0 aromatic carbocycles. The van der Waals surface area contributed by atoms with E-state index in [0.29, 0.717) is 29.2 Å². The van der Waals surface area contributed by atoms with Gasteiger partial charge in [-0.3, -0.25) is 20.2 Å². The zero-order valence-corrected chi connectivity index (χ0v) is 20.4. The standard InChI is InChI=1S/C28H30N6O/c1-17(2)11-25(35)32-22-13-21(15-31-16-22)18(3)12-19(4)26(29)28-33-24-9-5-8-23(27(24)34-28)20-7-6-10-30-14-20/h6-8,10,12-17,29H,3,5,9,11H2,1-2,4H3,(H,32,35)(H,33,34)/b19-12+,29-26?. The van der Waals surface area contributed by atoms with Crippen LogP contribution < -0.4 is 5.32 Å². The summed E-state index contributed by atoms with van der Waals surface area (Å²) >= 11 is 0. The highest BCUT2D eigenvalue weighted by atomic mass is 16.1. The first-order valence-electron chi connectivity index (χ1n) is 11.7. The first-order chi connectivity index (χ1) is 16.8. The molecule has 0 bridgehead atoms. The smallest absolute Gasteiger partial charge is 0.224 e. The first kappa shape index (κ1) is 24.0. The molecule has 1 aliphatic rings. The van der Waals surface area contributed by atoms with E-state index in [2.05, 4.69) is 32.9 Å². The zero-order valence-electron chi connectivity index (χ0n) is 20.4. The minimum Gasteiger partial charge on any atom is -0.340 e. The molecule has 1 amide bonds. The molecule has 0 atom stereocenters. The van der Waals surface area contributed by atoms with Crippen LogP contribution in [0.4, 0.5) is 5.69 Å². The molecule has 0 radical (unpaired) electrons. The summed E-state index contributed by atoms with van der Waals surface area (Å²) < 4.78 is 0. The molecule has 3 aromatic rings. The molecule has 7 nitrogen and oxygen atoms in total. The third-order valence-electron chi connectivity index (χ3n) is 5.76. The molecule has 0 spiro atoms. The molecule has 178 valence electrons. The van der Waals surface area contributed by atoms with Crippen LogP contribution in [0, 0.1) is 11.3 Å². The van der Waals surface area contributed by atoms with Gasteiger partial charge in [0.05, 0.1) is 23.3 Å². The molecule has 35 heavy (non-hydrogen) atoms. The normalized spacial score (nSPS) is 13.3. The van der Waals surface area contributed by atoms with Gasteiger partial charge in [0, 0.05) is 47.4 Å². The number of nitrogens with zero attached hydrogens (tertiary/aromatic N) is 3. The number of rotatable bonds is 8. The Bertz CT molecular complexity index is 1330. The summed E-state index contributed by atoms with van der Waals surface area (Å²) in [6.45, 7) is 10.0. The van der Waals surface area contributed by atoms with Gasteiger partial charge in [-0.15, -0.1) is 0 Å². The van der Waals surface area contributed by atoms with Crippen LogP contribution in [0.5, 0.6) is 0 Å². The fourth-order valence-electron chi connectivity index (χ4n) is 4.04. The van der Waals surface area contributed by atoms with Crippen molar-refractivity contribution in [3.05, 3.63) is 95.6 Å². The predicted octanol–water partition coefficient (Wildman–Crippen LogP) is 5.59. The van der Waals surface area contributed by atoms with Crippen LogP contribution in [0.1, 0.15) is 62.0 Å². The minimum absolute atomic E-state index is 0.0421. The van der Waals surface area contributed by atoms with E-state index in [1.165, 1.54) is 0 Å². The summed E-state index contributed by atoms with van der Waals surface area (Å²) in [5.74, 6) is 0.765. The number of carbonyl (C=O) groups is 1. The average molecular weight is 467 g/mol. The molecule has 0 fully saturated rings. The number of nitrogens with one attached hydrogen (secondary N) is 3. The molecule has 3 heterocycles. The Labute approximate surface area is 205 Å². The van der Waals surface area contributed by atoms with Crippen LogP contribution in [0.2, 0.25) is 0 Å². The second-order valence-corrected chi connectivity index (χ2v) is 9.15. The van der Waals surface area contributed by atoms with Crippen molar-refractivity contribution in [2.24, 2.45) is 5.92 Å². The number of hydrogen-bond donors (Lipinski definition) is 3. The van der Waals surface area contributed by atoms with Gasteiger partial charge in [0.15, 0.2) is 5.82 Å². The van der Waals surface area contributed by atoms with Gasteiger partial charge in [-0.2, -0.15) is 0 Å². The Morgan fingerprint density at radius 2 is 2.11 bits per heavy atom. The van der Waals surface area contributed by atoms with Crippen LogP contribution in [0.25, 0.3) is 11.1 Å². The van der Waals surface area contributed by atoms with Crippen LogP contribution in [0.15, 0.2) is 67.3 Å².